The third-order valence-corrected chi connectivity index (χ3v) is 5.09. The number of hydrogen-bond acceptors (Lipinski definition) is 4. The molecule has 0 radical (unpaired) electrons. The van der Waals surface area contributed by atoms with Gasteiger partial charge in [0.15, 0.2) is 0 Å². The molecule has 1 unspecified atom stereocenters. The zero-order valence-corrected chi connectivity index (χ0v) is 14.6. The molecule has 1 atom stereocenters. The SMILES string of the molecule is Cc1nccn1C1CCCN(C(=O)c2ccc(OCC3CC3)nc2)C1. The highest BCUT2D eigenvalue weighted by atomic mass is 16.5. The molecule has 132 valence electrons. The van der Waals surface area contributed by atoms with E-state index in [0.717, 1.165) is 38.4 Å². The second-order valence-corrected chi connectivity index (χ2v) is 7.07. The first-order valence-corrected chi connectivity index (χ1v) is 9.08. The Balaban J connectivity index is 1.40. The van der Waals surface area contributed by atoms with Crippen LogP contribution in [0.5, 0.6) is 5.88 Å². The van der Waals surface area contributed by atoms with E-state index < -0.39 is 0 Å². The lowest BCUT2D eigenvalue weighted by Crippen LogP contribution is -2.40. The van der Waals surface area contributed by atoms with Crippen LogP contribution in [0.4, 0.5) is 0 Å². The van der Waals surface area contributed by atoms with E-state index in [-0.39, 0.29) is 5.91 Å². The highest BCUT2D eigenvalue weighted by Crippen LogP contribution is 2.29. The average Bonchev–Trinajstić information content (AvgIpc) is 3.39. The molecule has 0 spiro atoms. The number of aromatic nitrogens is 3. The average molecular weight is 340 g/mol. The van der Waals surface area contributed by atoms with Crippen molar-refractivity contribution in [2.24, 2.45) is 5.92 Å². The van der Waals surface area contributed by atoms with Gasteiger partial charge < -0.3 is 14.2 Å². The van der Waals surface area contributed by atoms with E-state index in [1.54, 1.807) is 12.3 Å². The minimum atomic E-state index is 0.0451. The first-order valence-electron chi connectivity index (χ1n) is 9.08. The van der Waals surface area contributed by atoms with Crippen molar-refractivity contribution >= 4 is 5.91 Å². The van der Waals surface area contributed by atoms with Crippen molar-refractivity contribution in [1.29, 1.82) is 0 Å². The van der Waals surface area contributed by atoms with E-state index in [0.29, 0.717) is 23.4 Å². The van der Waals surface area contributed by atoms with Crippen molar-refractivity contribution in [3.05, 3.63) is 42.1 Å². The van der Waals surface area contributed by atoms with Gasteiger partial charge in [-0.15, -0.1) is 0 Å². The molecule has 1 saturated carbocycles. The molecule has 6 heteroatoms. The van der Waals surface area contributed by atoms with E-state index in [4.69, 9.17) is 4.74 Å². The fraction of sp³-hybridized carbons (Fsp3) is 0.526. The van der Waals surface area contributed by atoms with Crippen LogP contribution in [0.2, 0.25) is 0 Å². The van der Waals surface area contributed by atoms with Gasteiger partial charge in [0.2, 0.25) is 5.88 Å². The number of likely N-dealkylation sites (tertiary alicyclic amines) is 1. The summed E-state index contributed by atoms with van der Waals surface area (Å²) in [4.78, 5) is 23.3. The van der Waals surface area contributed by atoms with Crippen molar-refractivity contribution in [1.82, 2.24) is 19.4 Å². The summed E-state index contributed by atoms with van der Waals surface area (Å²) in [5.41, 5.74) is 0.627. The molecule has 0 aromatic carbocycles. The predicted octanol–water partition coefficient (Wildman–Crippen LogP) is 2.85. The first kappa shape index (κ1) is 16.1. The highest BCUT2D eigenvalue weighted by molar-refractivity contribution is 5.94. The summed E-state index contributed by atoms with van der Waals surface area (Å²) >= 11 is 0. The van der Waals surface area contributed by atoms with Crippen molar-refractivity contribution in [2.45, 2.75) is 38.6 Å². The van der Waals surface area contributed by atoms with Gasteiger partial charge in [0.25, 0.3) is 5.91 Å². The van der Waals surface area contributed by atoms with Crippen LogP contribution in [0, 0.1) is 12.8 Å². The third kappa shape index (κ3) is 3.67. The molecule has 3 heterocycles. The Kier molecular flexibility index (Phi) is 4.42. The number of rotatable bonds is 5. The number of carbonyl (C=O) groups excluding carboxylic acids is 1. The van der Waals surface area contributed by atoms with E-state index in [1.807, 2.05) is 30.3 Å². The molecule has 2 aliphatic rings. The molecule has 0 N–H and O–H groups in total. The van der Waals surface area contributed by atoms with E-state index in [1.165, 1.54) is 12.8 Å². The van der Waals surface area contributed by atoms with Gasteiger partial charge in [-0.2, -0.15) is 0 Å². The number of hydrogen-bond donors (Lipinski definition) is 0. The third-order valence-electron chi connectivity index (χ3n) is 5.09. The van der Waals surface area contributed by atoms with Crippen LogP contribution in [-0.4, -0.2) is 45.0 Å². The molecule has 2 aromatic heterocycles. The predicted molar refractivity (Wildman–Crippen MR) is 93.6 cm³/mol. The van der Waals surface area contributed by atoms with Crippen molar-refractivity contribution in [3.8, 4) is 5.88 Å². The summed E-state index contributed by atoms with van der Waals surface area (Å²) in [7, 11) is 0. The Hall–Kier alpha value is -2.37. The summed E-state index contributed by atoms with van der Waals surface area (Å²) in [6.07, 6.45) is 10.0. The quantitative estimate of drug-likeness (QED) is 0.840. The molecule has 1 aliphatic carbocycles. The molecule has 6 nitrogen and oxygen atoms in total. The van der Waals surface area contributed by atoms with Crippen molar-refractivity contribution < 1.29 is 9.53 Å². The second kappa shape index (κ2) is 6.86. The summed E-state index contributed by atoms with van der Waals surface area (Å²) in [6, 6.07) is 3.93. The normalized spacial score (nSPS) is 20.5. The number of pyridine rings is 1. The Morgan fingerprint density at radius 2 is 2.16 bits per heavy atom. The first-order chi connectivity index (χ1) is 12.2. The van der Waals surface area contributed by atoms with Crippen LogP contribution in [0.1, 0.15) is 47.9 Å². The Bertz CT molecular complexity index is 736. The molecule has 1 saturated heterocycles. The lowest BCUT2D eigenvalue weighted by molar-refractivity contribution is 0.0677. The van der Waals surface area contributed by atoms with Gasteiger partial charge in [0.1, 0.15) is 5.82 Å². The fourth-order valence-corrected chi connectivity index (χ4v) is 3.40. The Morgan fingerprint density at radius 3 is 2.84 bits per heavy atom. The summed E-state index contributed by atoms with van der Waals surface area (Å²) in [6.45, 7) is 4.25. The lowest BCUT2D eigenvalue weighted by Gasteiger charge is -2.34. The van der Waals surface area contributed by atoms with Gasteiger partial charge in [0, 0.05) is 37.7 Å². The van der Waals surface area contributed by atoms with E-state index in [9.17, 15) is 4.79 Å². The van der Waals surface area contributed by atoms with Crippen molar-refractivity contribution in [3.63, 3.8) is 0 Å². The van der Waals surface area contributed by atoms with Gasteiger partial charge in [-0.1, -0.05) is 0 Å². The lowest BCUT2D eigenvalue weighted by atomic mass is 10.0. The Morgan fingerprint density at radius 1 is 1.28 bits per heavy atom. The number of amides is 1. The molecular weight excluding hydrogens is 316 g/mol. The largest absolute Gasteiger partial charge is 0.477 e. The zero-order chi connectivity index (χ0) is 17.2. The van der Waals surface area contributed by atoms with Crippen LogP contribution >= 0.6 is 0 Å². The minimum Gasteiger partial charge on any atom is -0.477 e. The number of carbonyl (C=O) groups is 1. The smallest absolute Gasteiger partial charge is 0.255 e. The van der Waals surface area contributed by atoms with Crippen LogP contribution in [0.15, 0.2) is 30.7 Å². The fourth-order valence-electron chi connectivity index (χ4n) is 3.40. The van der Waals surface area contributed by atoms with Gasteiger partial charge in [-0.25, -0.2) is 9.97 Å². The summed E-state index contributed by atoms with van der Waals surface area (Å²) in [5.74, 6) is 2.34. The van der Waals surface area contributed by atoms with Gasteiger partial charge in [-0.05, 0) is 44.6 Å². The number of imidazole rings is 1. The van der Waals surface area contributed by atoms with Gasteiger partial charge >= 0.3 is 0 Å². The molecule has 2 fully saturated rings. The molecule has 2 aromatic rings. The standard InChI is InChI=1S/C19H24N4O2/c1-14-20-8-10-23(14)17-3-2-9-22(12-17)19(24)16-6-7-18(21-11-16)25-13-15-4-5-15/h6-8,10-11,15,17H,2-5,9,12-13H2,1H3. The van der Waals surface area contributed by atoms with E-state index in [2.05, 4.69) is 14.5 Å². The topological polar surface area (TPSA) is 60.2 Å². The van der Waals surface area contributed by atoms with Crippen LogP contribution in [0.25, 0.3) is 0 Å². The summed E-state index contributed by atoms with van der Waals surface area (Å²) < 4.78 is 7.82. The molecule has 4 rings (SSSR count). The van der Waals surface area contributed by atoms with Crippen LogP contribution < -0.4 is 4.74 Å². The molecule has 0 bridgehead atoms. The van der Waals surface area contributed by atoms with Gasteiger partial charge in [-0.3, -0.25) is 4.79 Å². The zero-order valence-electron chi connectivity index (χ0n) is 14.6. The maximum Gasteiger partial charge on any atom is 0.255 e. The van der Waals surface area contributed by atoms with Crippen molar-refractivity contribution in [2.75, 3.05) is 19.7 Å². The highest BCUT2D eigenvalue weighted by Gasteiger charge is 2.26. The maximum atomic E-state index is 12.8. The Labute approximate surface area is 147 Å². The van der Waals surface area contributed by atoms with Gasteiger partial charge in [0.05, 0.1) is 18.2 Å². The number of nitrogens with zero attached hydrogens (tertiary/aromatic N) is 4. The molecule has 1 amide bonds. The molecule has 25 heavy (non-hydrogen) atoms. The van der Waals surface area contributed by atoms with Crippen LogP contribution in [-0.2, 0) is 0 Å². The molecule has 1 aliphatic heterocycles. The van der Waals surface area contributed by atoms with Crippen LogP contribution in [0.3, 0.4) is 0 Å². The minimum absolute atomic E-state index is 0.0451. The number of piperidine rings is 1. The second-order valence-electron chi connectivity index (χ2n) is 7.07. The monoisotopic (exact) mass is 340 g/mol. The number of ether oxygens (including phenoxy) is 1. The van der Waals surface area contributed by atoms with E-state index >= 15 is 0 Å². The number of aryl methyl sites for hydroxylation is 1. The maximum absolute atomic E-state index is 12.8. The summed E-state index contributed by atoms with van der Waals surface area (Å²) in [5, 5.41) is 0. The molecular formula is C19H24N4O2.